The van der Waals surface area contributed by atoms with Gasteiger partial charge in [-0.1, -0.05) is 112 Å². The van der Waals surface area contributed by atoms with E-state index in [1.165, 1.54) is 71.4 Å². The summed E-state index contributed by atoms with van der Waals surface area (Å²) in [6.45, 7) is 3.06. The van der Waals surface area contributed by atoms with Gasteiger partial charge in [0, 0.05) is 33.0 Å². The predicted molar refractivity (Wildman–Crippen MR) is 180 cm³/mol. The molecular formula is C38H38N2OS. The average molecular weight is 571 g/mol. The van der Waals surface area contributed by atoms with Crippen molar-refractivity contribution in [2.75, 3.05) is 12.4 Å². The van der Waals surface area contributed by atoms with Crippen molar-refractivity contribution >= 4 is 44.3 Å². The van der Waals surface area contributed by atoms with Gasteiger partial charge in [0.2, 0.25) is 0 Å². The largest absolute Gasteiger partial charge is 0.492 e. The Morgan fingerprint density at radius 1 is 0.738 bits per heavy atom. The third-order valence-corrected chi connectivity index (χ3v) is 9.44. The number of hydrogen-bond donors (Lipinski definition) is 0. The number of ether oxygens (including phenoxy) is 1. The minimum Gasteiger partial charge on any atom is -0.492 e. The van der Waals surface area contributed by atoms with Crippen molar-refractivity contribution in [2.45, 2.75) is 57.1 Å². The van der Waals surface area contributed by atoms with Gasteiger partial charge in [-0.3, -0.25) is 4.57 Å². The molecule has 1 unspecified atom stereocenters. The maximum absolute atomic E-state index is 6.06. The molecule has 0 saturated carbocycles. The fourth-order valence-electron chi connectivity index (χ4n) is 6.13. The molecule has 212 valence electrons. The molecule has 1 aliphatic heterocycles. The van der Waals surface area contributed by atoms with Crippen LogP contribution in [0.4, 0.5) is 0 Å². The summed E-state index contributed by atoms with van der Waals surface area (Å²) in [7, 11) is 0. The van der Waals surface area contributed by atoms with Crippen LogP contribution in [0.15, 0.2) is 97.1 Å². The molecule has 0 aliphatic carbocycles. The van der Waals surface area contributed by atoms with Gasteiger partial charge in [0.15, 0.2) is 0 Å². The van der Waals surface area contributed by atoms with Crippen molar-refractivity contribution in [1.29, 1.82) is 0 Å². The molecule has 0 radical (unpaired) electrons. The number of nitrogens with zero attached hydrogens (tertiary/aromatic N) is 2. The Hall–Kier alpha value is -3.76. The van der Waals surface area contributed by atoms with Gasteiger partial charge in [-0.2, -0.15) is 11.8 Å². The van der Waals surface area contributed by atoms with Gasteiger partial charge in [-0.15, -0.1) is 0 Å². The van der Waals surface area contributed by atoms with E-state index < -0.39 is 0 Å². The number of benzene rings is 5. The number of aryl methyl sites for hydroxylation is 1. The van der Waals surface area contributed by atoms with Gasteiger partial charge in [0.1, 0.15) is 18.2 Å². The summed E-state index contributed by atoms with van der Waals surface area (Å²) < 4.78 is 8.41. The molecule has 1 aromatic heterocycles. The van der Waals surface area contributed by atoms with Crippen LogP contribution in [0.1, 0.15) is 51.0 Å². The van der Waals surface area contributed by atoms with Gasteiger partial charge < -0.3 is 4.74 Å². The van der Waals surface area contributed by atoms with E-state index in [4.69, 9.17) is 9.72 Å². The van der Waals surface area contributed by atoms with E-state index in [0.717, 1.165) is 46.9 Å². The summed E-state index contributed by atoms with van der Waals surface area (Å²) >= 11 is 1.96. The van der Waals surface area contributed by atoms with E-state index in [-0.39, 0.29) is 0 Å². The van der Waals surface area contributed by atoms with Crippen molar-refractivity contribution in [1.82, 2.24) is 9.55 Å². The lowest BCUT2D eigenvalue weighted by atomic mass is 10.00. The molecule has 0 N–H and O–H groups in total. The van der Waals surface area contributed by atoms with E-state index in [1.807, 2.05) is 11.8 Å². The lowest BCUT2D eigenvalue weighted by Gasteiger charge is -2.13. The lowest BCUT2D eigenvalue weighted by Crippen LogP contribution is -2.03. The summed E-state index contributed by atoms with van der Waals surface area (Å²) in [5, 5.41) is 5.55. The summed E-state index contributed by atoms with van der Waals surface area (Å²) in [5.74, 6) is 3.11. The minimum atomic E-state index is 0.651. The van der Waals surface area contributed by atoms with Crippen LogP contribution in [-0.4, -0.2) is 27.2 Å². The van der Waals surface area contributed by atoms with Crippen molar-refractivity contribution in [3.63, 3.8) is 0 Å². The number of unbranched alkanes of at least 4 members (excludes halogenated alkanes) is 5. The number of imidazole rings is 1. The molecule has 5 aromatic carbocycles. The minimum absolute atomic E-state index is 0.651. The molecular weight excluding hydrogens is 532 g/mol. The molecule has 0 spiro atoms. The first-order chi connectivity index (χ1) is 20.8. The topological polar surface area (TPSA) is 27.1 Å². The fourth-order valence-corrected chi connectivity index (χ4v) is 6.52. The highest BCUT2D eigenvalue weighted by atomic mass is 32.2. The standard InChI is InChI=1S/C38H38N2OS/c1-2-3-4-5-6-7-12-27-17-19-28(20-18-27)38-39-36-34-15-10-8-13-32(34)33-14-9-11-16-35(33)37(36)40(38)29-21-23-30(24-22-29)41-25-31-26-42-31/h8-11,13-24,31H,2-7,12,25-26H2,1H3. The summed E-state index contributed by atoms with van der Waals surface area (Å²) in [4.78, 5) is 5.39. The lowest BCUT2D eigenvalue weighted by molar-refractivity contribution is 0.330. The second kappa shape index (κ2) is 12.2. The van der Waals surface area contributed by atoms with Crippen LogP contribution in [0.3, 0.4) is 0 Å². The molecule has 7 rings (SSSR count). The summed E-state index contributed by atoms with van der Waals surface area (Å²) in [6, 6.07) is 35.1. The van der Waals surface area contributed by atoms with E-state index in [0.29, 0.717) is 5.25 Å². The number of hydrogen-bond acceptors (Lipinski definition) is 3. The number of aromatic nitrogens is 2. The van der Waals surface area contributed by atoms with E-state index >= 15 is 0 Å². The third kappa shape index (κ3) is 5.53. The first kappa shape index (κ1) is 27.1. The molecule has 2 heterocycles. The molecule has 42 heavy (non-hydrogen) atoms. The van der Waals surface area contributed by atoms with Crippen LogP contribution < -0.4 is 4.74 Å². The van der Waals surface area contributed by atoms with Gasteiger partial charge in [0.05, 0.1) is 11.0 Å². The Kier molecular flexibility index (Phi) is 7.89. The summed E-state index contributed by atoms with van der Waals surface area (Å²) in [6.07, 6.45) is 9.08. The maximum atomic E-state index is 6.06. The molecule has 3 nitrogen and oxygen atoms in total. The van der Waals surface area contributed by atoms with Crippen LogP contribution in [-0.2, 0) is 6.42 Å². The SMILES string of the molecule is CCCCCCCCc1ccc(-c2nc3c4ccccc4c4ccccc4c3n2-c2ccc(OCC3CS3)cc2)cc1. The Balaban J connectivity index is 1.31. The highest BCUT2D eigenvalue weighted by Gasteiger charge is 2.23. The van der Waals surface area contributed by atoms with Gasteiger partial charge in [-0.05, 0) is 53.4 Å². The molecule has 4 heteroatoms. The molecule has 1 atom stereocenters. The third-order valence-electron chi connectivity index (χ3n) is 8.50. The van der Waals surface area contributed by atoms with Crippen molar-refractivity contribution < 1.29 is 4.74 Å². The van der Waals surface area contributed by atoms with Crippen LogP contribution >= 0.6 is 11.8 Å². The van der Waals surface area contributed by atoms with E-state index in [9.17, 15) is 0 Å². The van der Waals surface area contributed by atoms with Crippen molar-refractivity contribution in [3.05, 3.63) is 103 Å². The first-order valence-electron chi connectivity index (χ1n) is 15.6. The van der Waals surface area contributed by atoms with Gasteiger partial charge in [0.25, 0.3) is 0 Å². The number of thioether (sulfide) groups is 1. The van der Waals surface area contributed by atoms with Crippen LogP contribution in [0.5, 0.6) is 5.75 Å². The molecule has 0 bridgehead atoms. The van der Waals surface area contributed by atoms with Crippen LogP contribution in [0, 0.1) is 0 Å². The zero-order chi connectivity index (χ0) is 28.3. The fraction of sp³-hybridized carbons (Fsp3) is 0.289. The van der Waals surface area contributed by atoms with E-state index in [2.05, 4.69) is 109 Å². The Labute approximate surface area is 252 Å². The Morgan fingerprint density at radius 2 is 1.38 bits per heavy atom. The second-order valence-electron chi connectivity index (χ2n) is 11.5. The normalized spacial score (nSPS) is 14.6. The van der Waals surface area contributed by atoms with Crippen molar-refractivity contribution in [2.24, 2.45) is 0 Å². The Morgan fingerprint density at radius 3 is 2.10 bits per heavy atom. The smallest absolute Gasteiger partial charge is 0.145 e. The van der Waals surface area contributed by atoms with Crippen LogP contribution in [0.25, 0.3) is 49.7 Å². The quantitative estimate of drug-likeness (QED) is 0.0832. The molecule has 1 saturated heterocycles. The molecule has 0 amide bonds. The average Bonchev–Trinajstić information content (AvgIpc) is 3.79. The zero-order valence-corrected chi connectivity index (χ0v) is 25.2. The van der Waals surface area contributed by atoms with Crippen LogP contribution in [0.2, 0.25) is 0 Å². The number of rotatable bonds is 12. The predicted octanol–water partition coefficient (Wildman–Crippen LogP) is 10.4. The molecule has 1 aliphatic rings. The monoisotopic (exact) mass is 570 g/mol. The number of fused-ring (bicyclic) bond motifs is 6. The van der Waals surface area contributed by atoms with E-state index in [1.54, 1.807) is 0 Å². The Bertz CT molecular complexity index is 1820. The second-order valence-corrected chi connectivity index (χ2v) is 12.9. The molecule has 1 fully saturated rings. The first-order valence-corrected chi connectivity index (χ1v) is 16.6. The highest BCUT2D eigenvalue weighted by Crippen LogP contribution is 2.39. The van der Waals surface area contributed by atoms with Gasteiger partial charge in [-0.25, -0.2) is 4.98 Å². The maximum Gasteiger partial charge on any atom is 0.145 e. The highest BCUT2D eigenvalue weighted by molar-refractivity contribution is 8.06. The van der Waals surface area contributed by atoms with Gasteiger partial charge >= 0.3 is 0 Å². The van der Waals surface area contributed by atoms with Crippen molar-refractivity contribution in [3.8, 4) is 22.8 Å². The zero-order valence-electron chi connectivity index (χ0n) is 24.4. The molecule has 6 aromatic rings. The summed E-state index contributed by atoms with van der Waals surface area (Å²) in [5.41, 5.74) is 5.83.